The van der Waals surface area contributed by atoms with Crippen LogP contribution >= 0.6 is 15.9 Å². The summed E-state index contributed by atoms with van der Waals surface area (Å²) in [5, 5.41) is 2.83. The van der Waals surface area contributed by atoms with Crippen LogP contribution in [0.5, 0.6) is 0 Å². The molecule has 0 aliphatic heterocycles. The molecule has 2 rings (SSSR count). The van der Waals surface area contributed by atoms with Gasteiger partial charge in [-0.2, -0.15) is 4.39 Å². The van der Waals surface area contributed by atoms with Gasteiger partial charge >= 0.3 is 0 Å². The van der Waals surface area contributed by atoms with Crippen LogP contribution in [-0.2, 0) is 5.41 Å². The molecule has 1 heterocycles. The minimum absolute atomic E-state index is 0.220. The highest BCUT2D eigenvalue weighted by Gasteiger charge is 2.21. The summed E-state index contributed by atoms with van der Waals surface area (Å²) in [7, 11) is 0. The number of aromatic nitrogens is 1. The van der Waals surface area contributed by atoms with E-state index in [0.29, 0.717) is 6.54 Å². The van der Waals surface area contributed by atoms with Crippen molar-refractivity contribution in [3.05, 3.63) is 64.1 Å². The Morgan fingerprint density at radius 2 is 1.95 bits per heavy atom. The predicted octanol–water partition coefficient (Wildman–Crippen LogP) is 3.69. The second-order valence-corrected chi connectivity index (χ2v) is 6.36. The molecule has 1 aromatic carbocycles. The van der Waals surface area contributed by atoms with Gasteiger partial charge in [0, 0.05) is 34.3 Å². The molecule has 5 heteroatoms. The second kappa shape index (κ2) is 6.35. The van der Waals surface area contributed by atoms with E-state index in [9.17, 15) is 9.18 Å². The number of halogens is 2. The van der Waals surface area contributed by atoms with E-state index in [4.69, 9.17) is 0 Å². The van der Waals surface area contributed by atoms with Crippen molar-refractivity contribution in [2.75, 3.05) is 6.54 Å². The number of pyridine rings is 1. The fourth-order valence-electron chi connectivity index (χ4n) is 1.95. The minimum atomic E-state index is -0.658. The van der Waals surface area contributed by atoms with Crippen LogP contribution in [-0.4, -0.2) is 17.4 Å². The van der Waals surface area contributed by atoms with Crippen LogP contribution in [0.2, 0.25) is 0 Å². The van der Waals surface area contributed by atoms with E-state index in [1.807, 2.05) is 38.1 Å². The summed E-state index contributed by atoms with van der Waals surface area (Å²) in [6.45, 7) is 4.55. The second-order valence-electron chi connectivity index (χ2n) is 5.44. The van der Waals surface area contributed by atoms with E-state index < -0.39 is 5.95 Å². The van der Waals surface area contributed by atoms with E-state index in [0.717, 1.165) is 16.1 Å². The molecule has 0 atom stereocenters. The average Bonchev–Trinajstić information content (AvgIpc) is 2.45. The summed E-state index contributed by atoms with van der Waals surface area (Å²) in [5.74, 6) is -0.962. The van der Waals surface area contributed by atoms with Gasteiger partial charge in [-0.3, -0.25) is 4.79 Å². The molecule has 0 aliphatic rings. The fourth-order valence-corrected chi connectivity index (χ4v) is 2.21. The summed E-state index contributed by atoms with van der Waals surface area (Å²) in [4.78, 5) is 15.5. The number of nitrogens with zero attached hydrogens (tertiary/aromatic N) is 1. The summed E-state index contributed by atoms with van der Waals surface area (Å²) in [5.41, 5.74) is 1.17. The molecular weight excluding hydrogens is 335 g/mol. The van der Waals surface area contributed by atoms with E-state index in [1.165, 1.54) is 12.3 Å². The highest BCUT2D eigenvalue weighted by Crippen LogP contribution is 2.24. The van der Waals surface area contributed by atoms with Crippen LogP contribution in [0, 0.1) is 5.95 Å². The number of hydrogen-bond acceptors (Lipinski definition) is 2. The van der Waals surface area contributed by atoms with Crippen LogP contribution in [0.4, 0.5) is 4.39 Å². The zero-order valence-electron chi connectivity index (χ0n) is 11.9. The third-order valence-electron chi connectivity index (χ3n) is 3.31. The van der Waals surface area contributed by atoms with E-state index in [2.05, 4.69) is 26.2 Å². The van der Waals surface area contributed by atoms with E-state index >= 15 is 0 Å². The van der Waals surface area contributed by atoms with Crippen molar-refractivity contribution >= 4 is 21.8 Å². The molecule has 0 unspecified atom stereocenters. The highest BCUT2D eigenvalue weighted by atomic mass is 79.9. The normalized spacial score (nSPS) is 11.2. The molecule has 0 saturated carbocycles. The number of hydrogen-bond donors (Lipinski definition) is 1. The van der Waals surface area contributed by atoms with Crippen LogP contribution in [0.1, 0.15) is 29.8 Å². The molecule has 1 aromatic heterocycles. The zero-order chi connectivity index (χ0) is 15.5. The lowest BCUT2D eigenvalue weighted by Gasteiger charge is -2.25. The smallest absolute Gasteiger partial charge is 0.251 e. The first-order valence-corrected chi connectivity index (χ1v) is 7.33. The van der Waals surface area contributed by atoms with Crippen molar-refractivity contribution in [2.24, 2.45) is 0 Å². The van der Waals surface area contributed by atoms with Gasteiger partial charge in [0.05, 0.1) is 0 Å². The van der Waals surface area contributed by atoms with Gasteiger partial charge in [0.25, 0.3) is 5.91 Å². The quantitative estimate of drug-likeness (QED) is 0.854. The standard InChI is InChI=1S/C16H16BrFN2O/c1-16(2,12-3-5-13(17)6-4-12)10-20-15(21)11-7-8-19-14(18)9-11/h3-9H,10H2,1-2H3,(H,20,21). The molecule has 21 heavy (non-hydrogen) atoms. The average molecular weight is 351 g/mol. The SMILES string of the molecule is CC(C)(CNC(=O)c1ccnc(F)c1)c1ccc(Br)cc1. The van der Waals surface area contributed by atoms with Gasteiger partial charge in [-0.1, -0.05) is 41.9 Å². The molecule has 0 bridgehead atoms. The van der Waals surface area contributed by atoms with Crippen LogP contribution < -0.4 is 5.32 Å². The first-order valence-electron chi connectivity index (χ1n) is 6.54. The maximum atomic E-state index is 13.0. The molecule has 0 radical (unpaired) electrons. The van der Waals surface area contributed by atoms with Crippen LogP contribution in [0.25, 0.3) is 0 Å². The van der Waals surface area contributed by atoms with Gasteiger partial charge in [-0.15, -0.1) is 0 Å². The largest absolute Gasteiger partial charge is 0.351 e. The Balaban J connectivity index is 2.04. The monoisotopic (exact) mass is 350 g/mol. The summed E-state index contributed by atoms with van der Waals surface area (Å²) < 4.78 is 14.0. The molecule has 0 fully saturated rings. The molecule has 110 valence electrons. The number of carbonyl (C=O) groups excluding carboxylic acids is 1. The third kappa shape index (κ3) is 4.11. The van der Waals surface area contributed by atoms with Gasteiger partial charge < -0.3 is 5.32 Å². The summed E-state index contributed by atoms with van der Waals surface area (Å²) in [6.07, 6.45) is 1.28. The van der Waals surface area contributed by atoms with Gasteiger partial charge in [0.15, 0.2) is 0 Å². The Kier molecular flexibility index (Phi) is 4.73. The van der Waals surface area contributed by atoms with Crippen LogP contribution in [0.15, 0.2) is 47.1 Å². The highest BCUT2D eigenvalue weighted by molar-refractivity contribution is 9.10. The van der Waals surface area contributed by atoms with Crippen LogP contribution in [0.3, 0.4) is 0 Å². The maximum absolute atomic E-state index is 13.0. The lowest BCUT2D eigenvalue weighted by atomic mass is 9.84. The van der Waals surface area contributed by atoms with Crippen molar-refractivity contribution in [1.82, 2.24) is 10.3 Å². The fraction of sp³-hybridized carbons (Fsp3) is 0.250. The maximum Gasteiger partial charge on any atom is 0.251 e. The van der Waals surface area contributed by atoms with E-state index in [1.54, 1.807) is 0 Å². The third-order valence-corrected chi connectivity index (χ3v) is 3.83. The van der Waals surface area contributed by atoms with Gasteiger partial charge in [-0.25, -0.2) is 4.98 Å². The number of nitrogens with one attached hydrogen (secondary N) is 1. The Morgan fingerprint density at radius 1 is 1.29 bits per heavy atom. The van der Waals surface area contributed by atoms with Crippen molar-refractivity contribution in [3.63, 3.8) is 0 Å². The lowest BCUT2D eigenvalue weighted by Crippen LogP contribution is -2.36. The van der Waals surface area contributed by atoms with E-state index in [-0.39, 0.29) is 16.9 Å². The summed E-state index contributed by atoms with van der Waals surface area (Å²) >= 11 is 3.40. The molecular formula is C16H16BrFN2O. The molecule has 0 spiro atoms. The molecule has 1 amide bonds. The van der Waals surface area contributed by atoms with Crippen molar-refractivity contribution in [1.29, 1.82) is 0 Å². The first-order chi connectivity index (χ1) is 9.88. The number of amides is 1. The molecule has 1 N–H and O–H groups in total. The number of carbonyl (C=O) groups is 1. The van der Waals surface area contributed by atoms with Crippen molar-refractivity contribution in [3.8, 4) is 0 Å². The Morgan fingerprint density at radius 3 is 2.57 bits per heavy atom. The molecule has 0 saturated heterocycles. The van der Waals surface area contributed by atoms with Crippen molar-refractivity contribution < 1.29 is 9.18 Å². The molecule has 2 aromatic rings. The Bertz CT molecular complexity index is 641. The lowest BCUT2D eigenvalue weighted by molar-refractivity contribution is 0.0945. The van der Waals surface area contributed by atoms with Gasteiger partial charge in [0.1, 0.15) is 0 Å². The van der Waals surface area contributed by atoms with Crippen molar-refractivity contribution in [2.45, 2.75) is 19.3 Å². The number of benzene rings is 1. The zero-order valence-corrected chi connectivity index (χ0v) is 13.4. The molecule has 3 nitrogen and oxygen atoms in total. The van der Waals surface area contributed by atoms with Gasteiger partial charge in [-0.05, 0) is 23.8 Å². The Labute approximate surface area is 131 Å². The summed E-state index contributed by atoms with van der Waals surface area (Å²) in [6, 6.07) is 10.6. The Hall–Kier alpha value is -1.75. The minimum Gasteiger partial charge on any atom is -0.351 e. The first kappa shape index (κ1) is 15.6. The predicted molar refractivity (Wildman–Crippen MR) is 83.7 cm³/mol. The number of rotatable bonds is 4. The topological polar surface area (TPSA) is 42.0 Å². The molecule has 0 aliphatic carbocycles. The van der Waals surface area contributed by atoms with Gasteiger partial charge in [0.2, 0.25) is 5.95 Å².